The smallest absolute Gasteiger partial charge is 0.283 e. The summed E-state index contributed by atoms with van der Waals surface area (Å²) in [7, 11) is 13.1. The molecule has 0 aromatic carbocycles. The van der Waals surface area contributed by atoms with Gasteiger partial charge in [-0.3, -0.25) is 0 Å². The summed E-state index contributed by atoms with van der Waals surface area (Å²) in [6, 6.07) is 0. The first-order chi connectivity index (χ1) is 13.4. The van der Waals surface area contributed by atoms with Crippen LogP contribution >= 0.6 is 28.4 Å². The first kappa shape index (κ1) is 25.2. The molecule has 2 N–H and O–H groups in total. The fourth-order valence-corrected chi connectivity index (χ4v) is 4.18. The molecule has 28 heavy (non-hydrogen) atoms. The number of hydrogen-bond acceptors (Lipinski definition) is 10. The van der Waals surface area contributed by atoms with Crippen molar-refractivity contribution in [2.45, 2.75) is 68.1 Å². The summed E-state index contributed by atoms with van der Waals surface area (Å²) < 4.78 is 43.4. The monoisotopic (exact) mass is 460 g/mol. The lowest BCUT2D eigenvalue weighted by Gasteiger charge is -2.48. The highest BCUT2D eigenvalue weighted by molar-refractivity contribution is 7.10. The van der Waals surface area contributed by atoms with Gasteiger partial charge < -0.3 is 47.4 Å². The maximum absolute atomic E-state index is 10.7. The van der Waals surface area contributed by atoms with Crippen LogP contribution in [0.2, 0.25) is 0 Å². The van der Waals surface area contributed by atoms with Crippen molar-refractivity contribution < 1.29 is 47.4 Å². The van der Waals surface area contributed by atoms with Crippen LogP contribution in [0.15, 0.2) is 0 Å². The third kappa shape index (κ3) is 5.60. The summed E-state index contributed by atoms with van der Waals surface area (Å²) in [5.41, 5.74) is 0. The molecule has 2 fully saturated rings. The van der Waals surface area contributed by atoms with E-state index in [0.717, 1.165) is 0 Å². The minimum Gasteiger partial charge on any atom is -0.440 e. The fraction of sp³-hybridized carbons (Fsp3) is 1.00. The number of aliphatic hydroxyl groups is 2. The molecule has 13 atom stereocenters. The van der Waals surface area contributed by atoms with Crippen LogP contribution in [0.5, 0.6) is 0 Å². The molecule has 0 aromatic rings. The van der Waals surface area contributed by atoms with Crippen LogP contribution in [0.1, 0.15) is 6.92 Å². The maximum Gasteiger partial charge on any atom is 0.283 e. The molecule has 0 aromatic heterocycles. The number of methoxy groups -OCH3 is 1. The van der Waals surface area contributed by atoms with E-state index >= 15 is 0 Å². The van der Waals surface area contributed by atoms with Gasteiger partial charge in [0, 0.05) is 35.5 Å². The predicted molar refractivity (Wildman–Crippen MR) is 107 cm³/mol. The van der Waals surface area contributed by atoms with Crippen LogP contribution in [0, 0.1) is 0 Å². The van der Waals surface area contributed by atoms with Crippen LogP contribution in [0.3, 0.4) is 0 Å². The molecule has 2 saturated heterocycles. The summed E-state index contributed by atoms with van der Waals surface area (Å²) in [6.07, 6.45) is -8.32. The van der Waals surface area contributed by atoms with E-state index in [1.165, 1.54) is 7.11 Å². The first-order valence-electron chi connectivity index (χ1n) is 8.63. The number of aliphatic hydroxyl groups excluding tert-OH is 2. The minimum absolute atomic E-state index is 0.0987. The Hall–Kier alpha value is 0.955. The summed E-state index contributed by atoms with van der Waals surface area (Å²) in [4.78, 5) is 0. The lowest BCUT2D eigenvalue weighted by atomic mass is 9.94. The first-order valence-corrected chi connectivity index (χ1v) is 10.0. The molecule has 2 rings (SSSR count). The maximum atomic E-state index is 10.7. The average molecular weight is 460 g/mol. The highest BCUT2D eigenvalue weighted by atomic mass is 31.0. The van der Waals surface area contributed by atoms with Crippen molar-refractivity contribution in [1.29, 1.82) is 0 Å². The summed E-state index contributed by atoms with van der Waals surface area (Å²) >= 11 is 0. The van der Waals surface area contributed by atoms with Crippen molar-refractivity contribution in [2.75, 3.05) is 20.3 Å². The van der Waals surface area contributed by atoms with Gasteiger partial charge in [-0.1, -0.05) is 0 Å². The van der Waals surface area contributed by atoms with Crippen molar-refractivity contribution in [2.24, 2.45) is 0 Å². The molecule has 2 aliphatic rings. The third-order valence-electron chi connectivity index (χ3n) is 4.91. The molecule has 0 saturated carbocycles. The van der Waals surface area contributed by atoms with Crippen molar-refractivity contribution in [3.63, 3.8) is 0 Å². The molecular formula is C14H28BO10P3. The van der Waals surface area contributed by atoms with E-state index in [0.29, 0.717) is 0 Å². The predicted octanol–water partition coefficient (Wildman–Crippen LogP) is -1.12. The topological polar surface area (TPSA) is 114 Å². The molecule has 14 heteroatoms. The summed E-state index contributed by atoms with van der Waals surface area (Å²) in [6.45, 7) is 1.97. The van der Waals surface area contributed by atoms with Crippen molar-refractivity contribution in [3.05, 3.63) is 0 Å². The zero-order valence-corrected chi connectivity index (χ0v) is 19.1. The molecule has 0 spiro atoms. The van der Waals surface area contributed by atoms with E-state index < -0.39 is 61.2 Å². The molecule has 0 bridgehead atoms. The Kier molecular flexibility index (Phi) is 10.9. The second-order valence-electron chi connectivity index (χ2n) is 6.57. The molecule has 2 aliphatic heterocycles. The number of rotatable bonds is 9. The number of hydrogen-bond donors (Lipinski definition) is 2. The van der Waals surface area contributed by atoms with Gasteiger partial charge in [-0.2, -0.15) is 0 Å². The van der Waals surface area contributed by atoms with Crippen molar-refractivity contribution in [3.8, 4) is 0 Å². The van der Waals surface area contributed by atoms with Gasteiger partial charge in [0.25, 0.3) is 8.05 Å². The van der Waals surface area contributed by atoms with Crippen LogP contribution in [-0.4, -0.2) is 99.8 Å². The zero-order chi connectivity index (χ0) is 20.8. The minimum atomic E-state index is -1.24. The fourth-order valence-electron chi connectivity index (χ4n) is 3.48. The van der Waals surface area contributed by atoms with E-state index in [9.17, 15) is 10.2 Å². The van der Waals surface area contributed by atoms with Crippen molar-refractivity contribution >= 4 is 36.4 Å². The SMILES string of the molecule is [B]OC1C(COP)OC(OC2C(COP)OC(C)C(O)C2OP)C(O)C1OC. The highest BCUT2D eigenvalue weighted by Gasteiger charge is 2.51. The van der Waals surface area contributed by atoms with Crippen molar-refractivity contribution in [1.82, 2.24) is 0 Å². The Morgan fingerprint density at radius 2 is 1.50 bits per heavy atom. The average Bonchev–Trinajstić information content (AvgIpc) is 2.68. The van der Waals surface area contributed by atoms with Gasteiger partial charge in [0.05, 0.1) is 25.4 Å². The standard InChI is InChI=1S/C14H28BO10P3/c1-5-8(16)13(25-28)10(6(21-5)3-19-26)23-14-9(17)12(18-2)11(24-15)7(22-14)4-20-27/h5-14,16-17H,3-4,26-28H2,1-2H3. The second-order valence-corrected chi connectivity index (χ2v) is 7.51. The van der Waals surface area contributed by atoms with Crippen LogP contribution in [0.25, 0.3) is 0 Å². The molecule has 10 nitrogen and oxygen atoms in total. The highest BCUT2D eigenvalue weighted by Crippen LogP contribution is 2.33. The Morgan fingerprint density at radius 1 is 0.893 bits per heavy atom. The zero-order valence-electron chi connectivity index (χ0n) is 15.7. The quantitative estimate of drug-likeness (QED) is 0.324. The molecular weight excluding hydrogens is 432 g/mol. The number of ether oxygens (including phenoxy) is 4. The molecule has 162 valence electrons. The van der Waals surface area contributed by atoms with Gasteiger partial charge in [0.2, 0.25) is 0 Å². The van der Waals surface area contributed by atoms with E-state index in [1.807, 2.05) is 0 Å². The molecule has 2 heterocycles. The largest absolute Gasteiger partial charge is 0.440 e. The molecule has 0 aliphatic carbocycles. The van der Waals surface area contributed by atoms with E-state index in [-0.39, 0.29) is 13.2 Å². The molecule has 0 amide bonds. The molecule has 13 unspecified atom stereocenters. The second kappa shape index (κ2) is 12.1. The van der Waals surface area contributed by atoms with Gasteiger partial charge >= 0.3 is 0 Å². The van der Waals surface area contributed by atoms with Gasteiger partial charge in [-0.15, -0.1) is 0 Å². The Balaban J connectivity index is 2.23. The lowest BCUT2D eigenvalue weighted by Crippen LogP contribution is -2.64. The Morgan fingerprint density at radius 3 is 2.00 bits per heavy atom. The van der Waals surface area contributed by atoms with E-state index in [2.05, 4.69) is 28.4 Å². The Bertz CT molecular complexity index is 469. The van der Waals surface area contributed by atoms with Crippen LogP contribution in [-0.2, 0) is 37.2 Å². The van der Waals surface area contributed by atoms with Gasteiger partial charge in [0.15, 0.2) is 6.29 Å². The third-order valence-corrected chi connectivity index (χ3v) is 5.61. The van der Waals surface area contributed by atoms with Gasteiger partial charge in [-0.25, -0.2) is 0 Å². The summed E-state index contributed by atoms with van der Waals surface area (Å²) in [5, 5.41) is 21.1. The lowest BCUT2D eigenvalue weighted by molar-refractivity contribution is -0.337. The molecule has 2 radical (unpaired) electrons. The van der Waals surface area contributed by atoms with Crippen LogP contribution < -0.4 is 0 Å². The van der Waals surface area contributed by atoms with E-state index in [1.54, 1.807) is 6.92 Å². The van der Waals surface area contributed by atoms with Gasteiger partial charge in [-0.05, 0) is 6.92 Å². The summed E-state index contributed by atoms with van der Waals surface area (Å²) in [5.74, 6) is 0. The van der Waals surface area contributed by atoms with Gasteiger partial charge in [0.1, 0.15) is 42.7 Å². The van der Waals surface area contributed by atoms with E-state index in [4.69, 9.17) is 45.2 Å². The Labute approximate surface area is 172 Å². The normalized spacial score (nSPS) is 44.5. The van der Waals surface area contributed by atoms with Crippen LogP contribution in [0.4, 0.5) is 0 Å².